The van der Waals surface area contributed by atoms with Gasteiger partial charge in [-0.25, -0.2) is 4.39 Å². The summed E-state index contributed by atoms with van der Waals surface area (Å²) in [6.45, 7) is 4.25. The number of rotatable bonds is 4. The molecule has 0 fully saturated rings. The maximum Gasteiger partial charge on any atom is 0.153 e. The van der Waals surface area contributed by atoms with Crippen LogP contribution >= 0.6 is 15.9 Å². The fourth-order valence-corrected chi connectivity index (χ4v) is 2.31. The lowest BCUT2D eigenvalue weighted by molar-refractivity contribution is 0.467. The highest BCUT2D eigenvalue weighted by atomic mass is 79.9. The van der Waals surface area contributed by atoms with Crippen molar-refractivity contribution in [2.75, 3.05) is 5.73 Å². The Kier molecular flexibility index (Phi) is 4.65. The number of halogens is 2. The van der Waals surface area contributed by atoms with Crippen LogP contribution < -0.4 is 10.5 Å². The van der Waals surface area contributed by atoms with Crippen LogP contribution in [0.3, 0.4) is 0 Å². The van der Waals surface area contributed by atoms with Gasteiger partial charge in [-0.05, 0) is 46.0 Å². The molecule has 0 bridgehead atoms. The van der Waals surface area contributed by atoms with E-state index in [1.807, 2.05) is 24.3 Å². The number of anilines is 1. The van der Waals surface area contributed by atoms with Gasteiger partial charge >= 0.3 is 0 Å². The number of hydrogen-bond donors (Lipinski definition) is 1. The van der Waals surface area contributed by atoms with Crippen molar-refractivity contribution in [3.8, 4) is 11.5 Å². The normalized spacial score (nSPS) is 12.2. The molecular weight excluding hydrogens is 321 g/mol. The third-order valence-corrected chi connectivity index (χ3v) is 3.94. The van der Waals surface area contributed by atoms with Gasteiger partial charge < -0.3 is 10.5 Å². The number of nitrogen functional groups attached to an aromatic ring is 1. The molecule has 0 spiro atoms. The summed E-state index contributed by atoms with van der Waals surface area (Å²) in [5, 5.41) is 0. The first-order valence-electron chi connectivity index (χ1n) is 6.54. The summed E-state index contributed by atoms with van der Waals surface area (Å²) in [6, 6.07) is 10.6. The van der Waals surface area contributed by atoms with E-state index in [9.17, 15) is 4.39 Å². The summed E-state index contributed by atoms with van der Waals surface area (Å²) in [5.41, 5.74) is 7.37. The molecule has 0 aliphatic carbocycles. The highest BCUT2D eigenvalue weighted by molar-refractivity contribution is 9.10. The SMILES string of the molecule is CCC(C)c1ccccc1Oc1cc(F)c(Br)cc1N. The van der Waals surface area contributed by atoms with Gasteiger partial charge in [-0.2, -0.15) is 0 Å². The Morgan fingerprint density at radius 2 is 1.95 bits per heavy atom. The van der Waals surface area contributed by atoms with Crippen LogP contribution in [-0.4, -0.2) is 0 Å². The molecule has 0 aliphatic heterocycles. The minimum Gasteiger partial charge on any atom is -0.455 e. The van der Waals surface area contributed by atoms with E-state index in [4.69, 9.17) is 10.5 Å². The van der Waals surface area contributed by atoms with Crippen LogP contribution in [-0.2, 0) is 0 Å². The van der Waals surface area contributed by atoms with Crippen LogP contribution in [0.5, 0.6) is 11.5 Å². The predicted molar refractivity (Wildman–Crippen MR) is 83.7 cm³/mol. The van der Waals surface area contributed by atoms with Crippen molar-refractivity contribution in [3.05, 3.63) is 52.3 Å². The number of ether oxygens (including phenoxy) is 1. The third kappa shape index (κ3) is 3.12. The molecule has 20 heavy (non-hydrogen) atoms. The lowest BCUT2D eigenvalue weighted by atomic mass is 9.98. The second kappa shape index (κ2) is 6.27. The van der Waals surface area contributed by atoms with E-state index in [-0.39, 0.29) is 0 Å². The van der Waals surface area contributed by atoms with Crippen molar-refractivity contribution < 1.29 is 9.13 Å². The van der Waals surface area contributed by atoms with Crippen molar-refractivity contribution in [3.63, 3.8) is 0 Å². The van der Waals surface area contributed by atoms with E-state index in [2.05, 4.69) is 29.8 Å². The molecular formula is C16H17BrFNO. The monoisotopic (exact) mass is 337 g/mol. The predicted octanol–water partition coefficient (Wildman–Crippen LogP) is 5.48. The first kappa shape index (κ1) is 14.9. The Morgan fingerprint density at radius 3 is 2.65 bits per heavy atom. The third-order valence-electron chi connectivity index (χ3n) is 3.33. The van der Waals surface area contributed by atoms with Gasteiger partial charge in [0.1, 0.15) is 11.6 Å². The Labute approximate surface area is 126 Å². The quantitative estimate of drug-likeness (QED) is 0.750. The number of hydrogen-bond acceptors (Lipinski definition) is 2. The second-order valence-corrected chi connectivity index (χ2v) is 5.61. The van der Waals surface area contributed by atoms with E-state index in [0.29, 0.717) is 21.8 Å². The van der Waals surface area contributed by atoms with Crippen LogP contribution in [0.2, 0.25) is 0 Å². The molecule has 0 saturated carbocycles. The maximum absolute atomic E-state index is 13.6. The van der Waals surface area contributed by atoms with Crippen LogP contribution in [0.25, 0.3) is 0 Å². The summed E-state index contributed by atoms with van der Waals surface area (Å²) < 4.78 is 19.7. The Morgan fingerprint density at radius 1 is 1.25 bits per heavy atom. The molecule has 4 heteroatoms. The zero-order chi connectivity index (χ0) is 14.7. The molecule has 0 heterocycles. The molecule has 0 radical (unpaired) electrons. The molecule has 2 aromatic rings. The fraction of sp³-hybridized carbons (Fsp3) is 0.250. The minimum atomic E-state index is -0.393. The van der Waals surface area contributed by atoms with Crippen molar-refractivity contribution >= 4 is 21.6 Å². The van der Waals surface area contributed by atoms with Crippen LogP contribution in [0.1, 0.15) is 31.7 Å². The van der Waals surface area contributed by atoms with E-state index in [1.54, 1.807) is 0 Å². The van der Waals surface area contributed by atoms with Crippen molar-refractivity contribution in [1.29, 1.82) is 0 Å². The summed E-state index contributed by atoms with van der Waals surface area (Å²) in [5.74, 6) is 1.03. The molecule has 2 rings (SSSR count). The summed E-state index contributed by atoms with van der Waals surface area (Å²) in [6.07, 6.45) is 1.00. The molecule has 0 amide bonds. The average Bonchev–Trinajstić information content (AvgIpc) is 2.44. The van der Waals surface area contributed by atoms with Gasteiger partial charge in [0.25, 0.3) is 0 Å². The standard InChI is InChI=1S/C16H17BrFNO/c1-3-10(2)11-6-4-5-7-15(11)20-16-9-13(18)12(17)8-14(16)19/h4-10H,3,19H2,1-2H3. The smallest absolute Gasteiger partial charge is 0.153 e. The zero-order valence-electron chi connectivity index (χ0n) is 11.5. The van der Waals surface area contributed by atoms with Gasteiger partial charge in [-0.15, -0.1) is 0 Å². The molecule has 2 aromatic carbocycles. The number of para-hydroxylation sites is 1. The topological polar surface area (TPSA) is 35.2 Å². The van der Waals surface area contributed by atoms with Gasteiger partial charge in [0.15, 0.2) is 5.75 Å². The van der Waals surface area contributed by atoms with Crippen LogP contribution in [0, 0.1) is 5.82 Å². The lowest BCUT2D eigenvalue weighted by Gasteiger charge is -2.16. The van der Waals surface area contributed by atoms with Gasteiger partial charge in [0.2, 0.25) is 0 Å². The molecule has 2 N–H and O–H groups in total. The molecule has 1 unspecified atom stereocenters. The van der Waals surface area contributed by atoms with E-state index >= 15 is 0 Å². The average molecular weight is 338 g/mol. The van der Waals surface area contributed by atoms with Crippen molar-refractivity contribution in [2.24, 2.45) is 0 Å². The van der Waals surface area contributed by atoms with E-state index < -0.39 is 5.82 Å². The van der Waals surface area contributed by atoms with Gasteiger partial charge in [0.05, 0.1) is 10.2 Å². The first-order chi connectivity index (χ1) is 9.52. The number of nitrogens with two attached hydrogens (primary N) is 1. The van der Waals surface area contributed by atoms with Gasteiger partial charge in [-0.1, -0.05) is 32.0 Å². The van der Waals surface area contributed by atoms with Gasteiger partial charge in [-0.3, -0.25) is 0 Å². The minimum absolute atomic E-state index is 0.331. The van der Waals surface area contributed by atoms with Crippen LogP contribution in [0.15, 0.2) is 40.9 Å². The highest BCUT2D eigenvalue weighted by Gasteiger charge is 2.13. The van der Waals surface area contributed by atoms with Crippen molar-refractivity contribution in [1.82, 2.24) is 0 Å². The van der Waals surface area contributed by atoms with E-state index in [0.717, 1.165) is 17.7 Å². The largest absolute Gasteiger partial charge is 0.455 e. The number of benzene rings is 2. The van der Waals surface area contributed by atoms with E-state index in [1.165, 1.54) is 12.1 Å². The lowest BCUT2D eigenvalue weighted by Crippen LogP contribution is -1.98. The fourth-order valence-electron chi connectivity index (χ4n) is 1.95. The van der Waals surface area contributed by atoms with Gasteiger partial charge in [0, 0.05) is 6.07 Å². The Bertz CT molecular complexity index is 615. The zero-order valence-corrected chi connectivity index (χ0v) is 13.1. The Hall–Kier alpha value is -1.55. The summed E-state index contributed by atoms with van der Waals surface area (Å²) >= 11 is 3.10. The molecule has 2 nitrogen and oxygen atoms in total. The molecule has 1 atom stereocenters. The molecule has 0 aromatic heterocycles. The Balaban J connectivity index is 2.38. The van der Waals surface area contributed by atoms with Crippen molar-refractivity contribution in [2.45, 2.75) is 26.2 Å². The second-order valence-electron chi connectivity index (χ2n) is 4.75. The highest BCUT2D eigenvalue weighted by Crippen LogP contribution is 2.36. The summed E-state index contributed by atoms with van der Waals surface area (Å²) in [7, 11) is 0. The summed E-state index contributed by atoms with van der Waals surface area (Å²) in [4.78, 5) is 0. The molecule has 0 saturated heterocycles. The first-order valence-corrected chi connectivity index (χ1v) is 7.33. The van der Waals surface area contributed by atoms with Crippen LogP contribution in [0.4, 0.5) is 10.1 Å². The maximum atomic E-state index is 13.6. The molecule has 0 aliphatic rings. The molecule has 106 valence electrons.